The summed E-state index contributed by atoms with van der Waals surface area (Å²) in [5, 5.41) is 3.24. The molecule has 3 saturated carbocycles. The van der Waals surface area contributed by atoms with Crippen molar-refractivity contribution in [2.45, 2.75) is 152 Å². The maximum absolute atomic E-state index is 12.5. The summed E-state index contributed by atoms with van der Waals surface area (Å²) in [6, 6.07) is 2.23. The summed E-state index contributed by atoms with van der Waals surface area (Å²) in [6.45, 7) is 30.6. The van der Waals surface area contributed by atoms with Crippen LogP contribution in [-0.4, -0.2) is 41.6 Å². The molecule has 40 heavy (non-hydrogen) atoms. The summed E-state index contributed by atoms with van der Waals surface area (Å²) in [7, 11) is 0. The molecule has 0 spiro atoms. The molecule has 3 fully saturated rings. The highest BCUT2D eigenvalue weighted by molar-refractivity contribution is 5.91. The van der Waals surface area contributed by atoms with Gasteiger partial charge < -0.3 is 9.80 Å². The minimum Gasteiger partial charge on any atom is -0.352 e. The lowest BCUT2D eigenvalue weighted by Gasteiger charge is -2.64. The SMILES string of the molecule is C=C(C)C(=O)NCCC[N+](C1CC(C)CCC1C(C)C)(C1CC(C)CCC1C(C)C)C1CC(C)CCC1C(C)C. The molecule has 9 unspecified atom stereocenters. The molecule has 1 amide bonds. The number of carbonyl (C=O) groups is 1. The predicted molar refractivity (Wildman–Crippen MR) is 173 cm³/mol. The lowest BCUT2D eigenvalue weighted by molar-refractivity contribution is -1.01. The summed E-state index contributed by atoms with van der Waals surface area (Å²) in [5.74, 6) is 7.08. The van der Waals surface area contributed by atoms with Crippen molar-refractivity contribution in [3.8, 4) is 0 Å². The second-order valence-corrected chi connectivity index (χ2v) is 16.3. The Morgan fingerprint density at radius 2 is 1.05 bits per heavy atom. The Bertz CT molecular complexity index is 736. The lowest BCUT2D eigenvalue weighted by atomic mass is 9.63. The zero-order valence-electron chi connectivity index (χ0n) is 28.5. The Balaban J connectivity index is 2.21. The summed E-state index contributed by atoms with van der Waals surface area (Å²) < 4.78 is 1.37. The van der Waals surface area contributed by atoms with E-state index in [1.165, 1.54) is 68.8 Å². The van der Waals surface area contributed by atoms with Gasteiger partial charge >= 0.3 is 0 Å². The van der Waals surface area contributed by atoms with Gasteiger partial charge in [0.1, 0.15) is 0 Å². The molecule has 3 heteroatoms. The number of nitrogens with one attached hydrogen (secondary N) is 1. The largest absolute Gasteiger partial charge is 0.352 e. The molecule has 232 valence electrons. The average molecular weight is 558 g/mol. The molecule has 0 aromatic heterocycles. The molecule has 3 aliphatic carbocycles. The van der Waals surface area contributed by atoms with E-state index in [4.69, 9.17) is 0 Å². The Hall–Kier alpha value is -0.830. The number of hydrogen-bond acceptors (Lipinski definition) is 1. The zero-order valence-corrected chi connectivity index (χ0v) is 28.5. The van der Waals surface area contributed by atoms with Crippen LogP contribution in [0.1, 0.15) is 133 Å². The van der Waals surface area contributed by atoms with E-state index in [0.29, 0.717) is 5.57 Å². The van der Waals surface area contributed by atoms with Gasteiger partial charge in [-0.15, -0.1) is 0 Å². The Morgan fingerprint density at radius 3 is 1.35 bits per heavy atom. The topological polar surface area (TPSA) is 29.1 Å². The Labute approximate surface area is 250 Å². The van der Waals surface area contributed by atoms with Crippen molar-refractivity contribution in [1.29, 1.82) is 0 Å². The minimum absolute atomic E-state index is 0.0298. The molecule has 0 saturated heterocycles. The summed E-state index contributed by atoms with van der Waals surface area (Å²) in [5.41, 5.74) is 0.628. The monoisotopic (exact) mass is 558 g/mol. The maximum atomic E-state index is 12.5. The van der Waals surface area contributed by atoms with Crippen LogP contribution in [0.5, 0.6) is 0 Å². The van der Waals surface area contributed by atoms with Crippen molar-refractivity contribution >= 4 is 5.91 Å². The smallest absolute Gasteiger partial charge is 0.246 e. The average Bonchev–Trinajstić information content (AvgIpc) is 2.88. The van der Waals surface area contributed by atoms with Crippen molar-refractivity contribution in [3.63, 3.8) is 0 Å². The molecule has 0 heterocycles. The van der Waals surface area contributed by atoms with Crippen LogP contribution in [0.3, 0.4) is 0 Å². The standard InChI is InChI=1S/C37H68N2O/c1-24(2)31-16-13-28(9)21-34(31)39(20-12-19-38-37(40)27(7)8,35-22-29(10)14-17-32(35)25(3)4)36-23-30(11)15-18-33(36)26(5)6/h24-26,28-36H,7,12-23H2,1-6,8-11H3/p+1. The van der Waals surface area contributed by atoms with E-state index in [2.05, 4.69) is 74.2 Å². The normalized spacial score (nSPS) is 37.0. The summed E-state index contributed by atoms with van der Waals surface area (Å²) in [6.07, 6.45) is 13.7. The van der Waals surface area contributed by atoms with Crippen molar-refractivity contribution in [2.24, 2.45) is 53.3 Å². The summed E-state index contributed by atoms with van der Waals surface area (Å²) in [4.78, 5) is 12.5. The molecule has 9 atom stereocenters. The van der Waals surface area contributed by atoms with Crippen molar-refractivity contribution in [1.82, 2.24) is 5.32 Å². The number of nitrogens with zero attached hydrogens (tertiary/aromatic N) is 1. The molecule has 0 aromatic rings. The third-order valence-corrected chi connectivity index (χ3v) is 12.2. The Kier molecular flexibility index (Phi) is 12.3. The van der Waals surface area contributed by atoms with Gasteiger partial charge in [0, 0.05) is 55.6 Å². The second-order valence-electron chi connectivity index (χ2n) is 16.3. The molecular weight excluding hydrogens is 488 g/mol. The number of quaternary nitrogens is 1. The molecule has 3 aliphatic rings. The molecule has 3 rings (SSSR count). The highest BCUT2D eigenvalue weighted by Crippen LogP contribution is 2.53. The van der Waals surface area contributed by atoms with Gasteiger partial charge in [-0.2, -0.15) is 0 Å². The quantitative estimate of drug-likeness (QED) is 0.153. The van der Waals surface area contributed by atoms with Crippen LogP contribution >= 0.6 is 0 Å². The molecule has 0 radical (unpaired) electrons. The molecule has 1 N–H and O–H groups in total. The Morgan fingerprint density at radius 1 is 0.700 bits per heavy atom. The first-order chi connectivity index (χ1) is 18.8. The van der Waals surface area contributed by atoms with Crippen LogP contribution in [-0.2, 0) is 4.79 Å². The van der Waals surface area contributed by atoms with Crippen molar-refractivity contribution < 1.29 is 9.28 Å². The van der Waals surface area contributed by atoms with E-state index >= 15 is 0 Å². The van der Waals surface area contributed by atoms with Crippen LogP contribution in [0, 0.1) is 53.3 Å². The maximum Gasteiger partial charge on any atom is 0.246 e. The highest BCUT2D eigenvalue weighted by Gasteiger charge is 2.59. The van der Waals surface area contributed by atoms with Gasteiger partial charge in [0.05, 0.1) is 24.7 Å². The van der Waals surface area contributed by atoms with Gasteiger partial charge in [0.25, 0.3) is 0 Å². The van der Waals surface area contributed by atoms with Crippen LogP contribution in [0.25, 0.3) is 0 Å². The van der Waals surface area contributed by atoms with Gasteiger partial charge in [-0.25, -0.2) is 0 Å². The van der Waals surface area contributed by atoms with E-state index in [9.17, 15) is 4.79 Å². The van der Waals surface area contributed by atoms with E-state index in [-0.39, 0.29) is 5.91 Å². The van der Waals surface area contributed by atoms with Crippen molar-refractivity contribution in [3.05, 3.63) is 12.2 Å². The third-order valence-electron chi connectivity index (χ3n) is 12.2. The molecule has 0 aromatic carbocycles. The first-order valence-corrected chi connectivity index (χ1v) is 17.6. The van der Waals surface area contributed by atoms with Crippen LogP contribution in [0.4, 0.5) is 0 Å². The van der Waals surface area contributed by atoms with E-state index in [1.54, 1.807) is 0 Å². The van der Waals surface area contributed by atoms with Crippen LogP contribution in [0.2, 0.25) is 0 Å². The van der Waals surface area contributed by atoms with Gasteiger partial charge in [-0.05, 0) is 81.0 Å². The van der Waals surface area contributed by atoms with Gasteiger partial charge in [0.15, 0.2) is 0 Å². The fourth-order valence-electron chi connectivity index (χ4n) is 10.1. The van der Waals surface area contributed by atoms with Gasteiger partial charge in [-0.1, -0.05) is 68.9 Å². The van der Waals surface area contributed by atoms with E-state index < -0.39 is 0 Å². The third kappa shape index (κ3) is 7.57. The first-order valence-electron chi connectivity index (χ1n) is 17.6. The highest BCUT2D eigenvalue weighted by atomic mass is 16.1. The first kappa shape index (κ1) is 33.7. The summed E-state index contributed by atoms with van der Waals surface area (Å²) >= 11 is 0. The van der Waals surface area contributed by atoms with E-state index in [1.807, 2.05) is 6.92 Å². The number of amides is 1. The fourth-order valence-corrected chi connectivity index (χ4v) is 10.1. The molecular formula is C37H69N2O+. The minimum atomic E-state index is 0.0298. The zero-order chi connectivity index (χ0) is 29.8. The molecule has 3 nitrogen and oxygen atoms in total. The lowest BCUT2D eigenvalue weighted by Crippen LogP contribution is -2.74. The van der Waals surface area contributed by atoms with Gasteiger partial charge in [-0.3, -0.25) is 4.79 Å². The number of carbonyl (C=O) groups excluding carboxylic acids is 1. The molecule has 0 aliphatic heterocycles. The predicted octanol–water partition coefficient (Wildman–Crippen LogP) is 9.27. The molecule has 0 bridgehead atoms. The van der Waals surface area contributed by atoms with Crippen molar-refractivity contribution in [2.75, 3.05) is 13.1 Å². The second kappa shape index (κ2) is 14.6. The van der Waals surface area contributed by atoms with Crippen LogP contribution < -0.4 is 5.32 Å². The number of hydrogen-bond donors (Lipinski definition) is 1. The van der Waals surface area contributed by atoms with Gasteiger partial charge in [0.2, 0.25) is 5.91 Å². The van der Waals surface area contributed by atoms with Crippen LogP contribution in [0.15, 0.2) is 12.2 Å². The van der Waals surface area contributed by atoms with E-state index in [0.717, 1.165) is 84.4 Å². The fraction of sp³-hybridized carbons (Fsp3) is 0.919. The number of rotatable bonds is 11.